The SMILES string of the molecule is CN(CCOCC1CC1)c1ccc(CN)cc1Cl. The third kappa shape index (κ3) is 3.87. The molecular formula is C14H21ClN2O. The number of benzene rings is 1. The molecule has 0 unspecified atom stereocenters. The Bertz CT molecular complexity index is 393. The molecule has 0 radical (unpaired) electrons. The summed E-state index contributed by atoms with van der Waals surface area (Å²) in [6.07, 6.45) is 2.67. The third-order valence-corrected chi connectivity index (χ3v) is 3.58. The summed E-state index contributed by atoms with van der Waals surface area (Å²) in [4.78, 5) is 2.12. The van der Waals surface area contributed by atoms with Crippen LogP contribution in [0.15, 0.2) is 18.2 Å². The van der Waals surface area contributed by atoms with Crippen molar-refractivity contribution in [2.75, 3.05) is 31.7 Å². The van der Waals surface area contributed by atoms with Gasteiger partial charge < -0.3 is 15.4 Å². The first-order valence-electron chi connectivity index (χ1n) is 6.48. The number of rotatable bonds is 7. The highest BCUT2D eigenvalue weighted by Crippen LogP contribution is 2.29. The van der Waals surface area contributed by atoms with Gasteiger partial charge in [-0.2, -0.15) is 0 Å². The average Bonchev–Trinajstić information content (AvgIpc) is 3.18. The molecule has 1 aliphatic rings. The zero-order valence-electron chi connectivity index (χ0n) is 10.9. The number of anilines is 1. The fourth-order valence-electron chi connectivity index (χ4n) is 1.84. The number of nitrogens with two attached hydrogens (primary N) is 1. The topological polar surface area (TPSA) is 38.5 Å². The zero-order valence-corrected chi connectivity index (χ0v) is 11.6. The molecule has 1 fully saturated rings. The minimum absolute atomic E-state index is 0.522. The van der Waals surface area contributed by atoms with Crippen LogP contribution in [0.4, 0.5) is 5.69 Å². The quantitative estimate of drug-likeness (QED) is 0.773. The molecule has 0 aliphatic heterocycles. The van der Waals surface area contributed by atoms with E-state index in [0.29, 0.717) is 6.54 Å². The van der Waals surface area contributed by atoms with Gasteiger partial charge in [0.05, 0.1) is 17.3 Å². The van der Waals surface area contributed by atoms with E-state index in [4.69, 9.17) is 22.1 Å². The van der Waals surface area contributed by atoms with Crippen LogP contribution in [-0.4, -0.2) is 26.8 Å². The van der Waals surface area contributed by atoms with Crippen molar-refractivity contribution >= 4 is 17.3 Å². The Labute approximate surface area is 114 Å². The van der Waals surface area contributed by atoms with Crippen LogP contribution < -0.4 is 10.6 Å². The second-order valence-electron chi connectivity index (χ2n) is 4.93. The van der Waals surface area contributed by atoms with Gasteiger partial charge in [-0.15, -0.1) is 0 Å². The van der Waals surface area contributed by atoms with E-state index in [0.717, 1.165) is 41.9 Å². The number of nitrogens with zero attached hydrogens (tertiary/aromatic N) is 1. The van der Waals surface area contributed by atoms with Crippen LogP contribution in [0, 0.1) is 5.92 Å². The molecule has 1 aromatic rings. The van der Waals surface area contributed by atoms with Crippen LogP contribution in [0.25, 0.3) is 0 Å². The Balaban J connectivity index is 1.81. The van der Waals surface area contributed by atoms with Gasteiger partial charge in [0, 0.05) is 26.7 Å². The molecule has 100 valence electrons. The molecule has 2 N–H and O–H groups in total. The summed E-state index contributed by atoms with van der Waals surface area (Å²) in [7, 11) is 2.03. The van der Waals surface area contributed by atoms with Crippen molar-refractivity contribution in [2.45, 2.75) is 19.4 Å². The third-order valence-electron chi connectivity index (χ3n) is 3.28. The Morgan fingerprint density at radius 2 is 2.22 bits per heavy atom. The molecular weight excluding hydrogens is 248 g/mol. The van der Waals surface area contributed by atoms with Crippen molar-refractivity contribution in [2.24, 2.45) is 11.7 Å². The van der Waals surface area contributed by atoms with Gasteiger partial charge >= 0.3 is 0 Å². The Hall–Kier alpha value is -0.770. The Kier molecular flexibility index (Phi) is 4.87. The lowest BCUT2D eigenvalue weighted by molar-refractivity contribution is 0.131. The van der Waals surface area contributed by atoms with E-state index in [9.17, 15) is 0 Å². The summed E-state index contributed by atoms with van der Waals surface area (Å²) in [6.45, 7) is 3.04. The molecule has 0 heterocycles. The lowest BCUT2D eigenvalue weighted by Gasteiger charge is -2.21. The maximum atomic E-state index is 6.24. The van der Waals surface area contributed by atoms with Crippen molar-refractivity contribution in [1.82, 2.24) is 0 Å². The van der Waals surface area contributed by atoms with Crippen molar-refractivity contribution in [3.05, 3.63) is 28.8 Å². The van der Waals surface area contributed by atoms with Gasteiger partial charge in [-0.25, -0.2) is 0 Å². The maximum Gasteiger partial charge on any atom is 0.0642 e. The van der Waals surface area contributed by atoms with E-state index in [2.05, 4.69) is 4.90 Å². The highest BCUT2D eigenvalue weighted by molar-refractivity contribution is 6.33. The van der Waals surface area contributed by atoms with Gasteiger partial charge in [-0.3, -0.25) is 0 Å². The molecule has 2 rings (SSSR count). The fourth-order valence-corrected chi connectivity index (χ4v) is 2.19. The predicted octanol–water partition coefficient (Wildman–Crippen LogP) is 2.66. The summed E-state index contributed by atoms with van der Waals surface area (Å²) in [6, 6.07) is 5.96. The number of hydrogen-bond acceptors (Lipinski definition) is 3. The van der Waals surface area contributed by atoms with Crippen LogP contribution in [0.1, 0.15) is 18.4 Å². The second-order valence-corrected chi connectivity index (χ2v) is 5.34. The fraction of sp³-hybridized carbons (Fsp3) is 0.571. The van der Waals surface area contributed by atoms with Crippen LogP contribution in [0.3, 0.4) is 0 Å². The van der Waals surface area contributed by atoms with E-state index in [1.54, 1.807) is 0 Å². The van der Waals surface area contributed by atoms with Crippen molar-refractivity contribution in [3.8, 4) is 0 Å². The average molecular weight is 269 g/mol. The smallest absolute Gasteiger partial charge is 0.0642 e. The van der Waals surface area contributed by atoms with Gasteiger partial charge in [0.25, 0.3) is 0 Å². The Morgan fingerprint density at radius 1 is 1.44 bits per heavy atom. The number of hydrogen-bond donors (Lipinski definition) is 1. The van der Waals surface area contributed by atoms with Crippen LogP contribution >= 0.6 is 11.6 Å². The molecule has 0 aromatic heterocycles. The molecule has 0 atom stereocenters. The highest BCUT2D eigenvalue weighted by atomic mass is 35.5. The lowest BCUT2D eigenvalue weighted by atomic mass is 10.2. The zero-order chi connectivity index (χ0) is 13.0. The minimum atomic E-state index is 0.522. The second kappa shape index (κ2) is 6.41. The summed E-state index contributed by atoms with van der Waals surface area (Å²) in [5.74, 6) is 0.822. The lowest BCUT2D eigenvalue weighted by Crippen LogP contribution is -2.23. The van der Waals surface area contributed by atoms with Gasteiger partial charge in [0.1, 0.15) is 0 Å². The molecule has 0 saturated heterocycles. The standard InChI is InChI=1S/C14H21ClN2O/c1-17(6-7-18-10-11-2-3-11)14-5-4-12(9-16)8-13(14)15/h4-5,8,11H,2-3,6-7,9-10,16H2,1H3. The summed E-state index contributed by atoms with van der Waals surface area (Å²) >= 11 is 6.24. The summed E-state index contributed by atoms with van der Waals surface area (Å²) in [5, 5.41) is 0.752. The molecule has 18 heavy (non-hydrogen) atoms. The van der Waals surface area contributed by atoms with Gasteiger partial charge in [-0.05, 0) is 36.5 Å². The van der Waals surface area contributed by atoms with Crippen molar-refractivity contribution < 1.29 is 4.74 Å². The van der Waals surface area contributed by atoms with E-state index in [1.807, 2.05) is 25.2 Å². The largest absolute Gasteiger partial charge is 0.379 e. The molecule has 1 aromatic carbocycles. The molecule has 3 nitrogen and oxygen atoms in total. The van der Waals surface area contributed by atoms with Crippen LogP contribution in [-0.2, 0) is 11.3 Å². The molecule has 4 heteroatoms. The summed E-state index contributed by atoms with van der Waals surface area (Å²) < 4.78 is 5.63. The maximum absolute atomic E-state index is 6.24. The molecule has 0 spiro atoms. The van der Waals surface area contributed by atoms with Gasteiger partial charge in [-0.1, -0.05) is 17.7 Å². The first kappa shape index (κ1) is 13.7. The summed E-state index contributed by atoms with van der Waals surface area (Å²) in [5.41, 5.74) is 7.67. The van der Waals surface area contributed by atoms with E-state index in [1.165, 1.54) is 12.8 Å². The van der Waals surface area contributed by atoms with Crippen molar-refractivity contribution in [3.63, 3.8) is 0 Å². The first-order chi connectivity index (χ1) is 8.70. The van der Waals surface area contributed by atoms with E-state index >= 15 is 0 Å². The minimum Gasteiger partial charge on any atom is -0.379 e. The van der Waals surface area contributed by atoms with Crippen molar-refractivity contribution in [1.29, 1.82) is 0 Å². The number of ether oxygens (including phenoxy) is 1. The molecule has 0 bridgehead atoms. The number of likely N-dealkylation sites (N-methyl/N-ethyl adjacent to an activating group) is 1. The van der Waals surface area contributed by atoms with Gasteiger partial charge in [0.15, 0.2) is 0 Å². The number of halogens is 1. The normalized spacial score (nSPS) is 14.8. The van der Waals surface area contributed by atoms with Crippen LogP contribution in [0.2, 0.25) is 5.02 Å². The molecule has 1 saturated carbocycles. The van der Waals surface area contributed by atoms with Crippen LogP contribution in [0.5, 0.6) is 0 Å². The van der Waals surface area contributed by atoms with Gasteiger partial charge in [0.2, 0.25) is 0 Å². The highest BCUT2D eigenvalue weighted by Gasteiger charge is 2.21. The van der Waals surface area contributed by atoms with E-state index < -0.39 is 0 Å². The first-order valence-corrected chi connectivity index (χ1v) is 6.86. The molecule has 0 amide bonds. The monoisotopic (exact) mass is 268 g/mol. The Morgan fingerprint density at radius 3 is 2.83 bits per heavy atom. The predicted molar refractivity (Wildman–Crippen MR) is 76.2 cm³/mol. The molecule has 1 aliphatic carbocycles. The van der Waals surface area contributed by atoms with E-state index in [-0.39, 0.29) is 0 Å².